The molecule has 0 heterocycles. The average Bonchev–Trinajstić information content (AvgIpc) is 2.71. The van der Waals surface area contributed by atoms with Crippen molar-refractivity contribution in [2.75, 3.05) is 20.1 Å². The highest BCUT2D eigenvalue weighted by atomic mass is 16.2. The van der Waals surface area contributed by atoms with Gasteiger partial charge in [0.05, 0.1) is 0 Å². The predicted octanol–water partition coefficient (Wildman–Crippen LogP) is 3.78. The van der Waals surface area contributed by atoms with Crippen LogP contribution < -0.4 is 10.6 Å². The highest BCUT2D eigenvalue weighted by Gasteiger charge is 2.22. The minimum atomic E-state index is -0.529. The maximum Gasteiger partial charge on any atom is 0.252 e. The van der Waals surface area contributed by atoms with Crippen molar-refractivity contribution in [1.82, 2.24) is 15.5 Å². The van der Waals surface area contributed by atoms with E-state index in [0.717, 1.165) is 25.1 Å². The van der Waals surface area contributed by atoms with Gasteiger partial charge in [-0.15, -0.1) is 0 Å². The van der Waals surface area contributed by atoms with Crippen LogP contribution in [0.3, 0.4) is 0 Å². The molecule has 0 aliphatic carbocycles. The van der Waals surface area contributed by atoms with Crippen LogP contribution in [0.4, 0.5) is 0 Å². The molecule has 1 atom stereocenters. The second kappa shape index (κ2) is 12.1. The smallest absolute Gasteiger partial charge is 0.252 e. The van der Waals surface area contributed by atoms with E-state index >= 15 is 0 Å². The molecule has 0 bridgehead atoms. The van der Waals surface area contributed by atoms with E-state index in [9.17, 15) is 9.59 Å². The van der Waals surface area contributed by atoms with E-state index in [-0.39, 0.29) is 11.8 Å². The Kier molecular flexibility index (Phi) is 9.55. The van der Waals surface area contributed by atoms with Crippen molar-refractivity contribution in [2.24, 2.45) is 5.92 Å². The summed E-state index contributed by atoms with van der Waals surface area (Å²) in [5.74, 6) is -0.0113. The summed E-state index contributed by atoms with van der Waals surface area (Å²) in [4.78, 5) is 27.6. The predicted molar refractivity (Wildman–Crippen MR) is 122 cm³/mol. The van der Waals surface area contributed by atoms with E-state index < -0.39 is 6.04 Å². The van der Waals surface area contributed by atoms with Crippen LogP contribution in [-0.4, -0.2) is 42.9 Å². The van der Waals surface area contributed by atoms with E-state index in [4.69, 9.17) is 0 Å². The number of hydrogen-bond donors (Lipinski definition) is 2. The molecule has 0 fully saturated rings. The van der Waals surface area contributed by atoms with Gasteiger partial charge in [-0.25, -0.2) is 0 Å². The molecule has 2 rings (SSSR count). The van der Waals surface area contributed by atoms with Gasteiger partial charge in [0.2, 0.25) is 5.91 Å². The van der Waals surface area contributed by atoms with Crippen molar-refractivity contribution in [3.63, 3.8) is 0 Å². The van der Waals surface area contributed by atoms with Gasteiger partial charge in [0.1, 0.15) is 6.04 Å². The number of carbonyl (C=O) groups excluding carboxylic acids is 2. The minimum Gasteiger partial charge on any atom is -0.354 e. The molecule has 162 valence electrons. The van der Waals surface area contributed by atoms with Crippen molar-refractivity contribution in [2.45, 2.75) is 46.2 Å². The first-order valence-electron chi connectivity index (χ1n) is 10.7. The van der Waals surface area contributed by atoms with Crippen LogP contribution in [-0.2, 0) is 11.3 Å². The number of benzene rings is 2. The molecule has 0 radical (unpaired) electrons. The number of hydrogen-bond acceptors (Lipinski definition) is 3. The van der Waals surface area contributed by atoms with Crippen molar-refractivity contribution >= 4 is 11.8 Å². The lowest BCUT2D eigenvalue weighted by Crippen LogP contribution is -2.48. The Morgan fingerprint density at radius 3 is 2.33 bits per heavy atom. The van der Waals surface area contributed by atoms with Crippen LogP contribution in [0.15, 0.2) is 54.6 Å². The Bertz CT molecular complexity index is 805. The quantitative estimate of drug-likeness (QED) is 0.555. The molecule has 0 spiro atoms. The summed E-state index contributed by atoms with van der Waals surface area (Å²) in [5, 5.41) is 5.92. The van der Waals surface area contributed by atoms with E-state index in [0.29, 0.717) is 24.4 Å². The maximum absolute atomic E-state index is 12.7. The topological polar surface area (TPSA) is 61.4 Å². The molecule has 5 heteroatoms. The molecule has 0 aliphatic heterocycles. The van der Waals surface area contributed by atoms with Crippen molar-refractivity contribution in [3.8, 4) is 0 Å². The van der Waals surface area contributed by atoms with E-state index in [2.05, 4.69) is 48.6 Å². The van der Waals surface area contributed by atoms with Crippen LogP contribution in [0.25, 0.3) is 0 Å². The molecular weight excluding hydrogens is 374 g/mol. The lowest BCUT2D eigenvalue weighted by molar-refractivity contribution is -0.123. The van der Waals surface area contributed by atoms with Crippen LogP contribution in [0.2, 0.25) is 0 Å². The van der Waals surface area contributed by atoms with Gasteiger partial charge < -0.3 is 15.5 Å². The second-order valence-electron chi connectivity index (χ2n) is 8.34. The van der Waals surface area contributed by atoms with Crippen molar-refractivity contribution in [3.05, 3.63) is 71.3 Å². The number of amides is 2. The van der Waals surface area contributed by atoms with Gasteiger partial charge in [0.25, 0.3) is 5.91 Å². The number of carbonyl (C=O) groups is 2. The second-order valence-corrected chi connectivity index (χ2v) is 8.34. The third-order valence-electron chi connectivity index (χ3n) is 5.03. The average molecular weight is 410 g/mol. The lowest BCUT2D eigenvalue weighted by Gasteiger charge is -2.21. The van der Waals surface area contributed by atoms with Gasteiger partial charge in [-0.2, -0.15) is 0 Å². The summed E-state index contributed by atoms with van der Waals surface area (Å²) in [6.45, 7) is 8.37. The zero-order valence-electron chi connectivity index (χ0n) is 18.7. The number of nitrogens with zero attached hydrogens (tertiary/aromatic N) is 1. The number of rotatable bonds is 11. The van der Waals surface area contributed by atoms with Gasteiger partial charge in [0.15, 0.2) is 0 Å². The third kappa shape index (κ3) is 7.99. The van der Waals surface area contributed by atoms with Gasteiger partial charge in [-0.3, -0.25) is 9.59 Å². The van der Waals surface area contributed by atoms with Crippen LogP contribution >= 0.6 is 0 Å². The van der Waals surface area contributed by atoms with Gasteiger partial charge in [-0.1, -0.05) is 62.4 Å². The molecular formula is C25H35N3O2. The molecule has 0 saturated carbocycles. The van der Waals surface area contributed by atoms with Crippen LogP contribution in [0.5, 0.6) is 0 Å². The molecule has 30 heavy (non-hydrogen) atoms. The maximum atomic E-state index is 12.7. The Morgan fingerprint density at radius 1 is 1.00 bits per heavy atom. The Hall–Kier alpha value is -2.66. The normalized spacial score (nSPS) is 12.1. The Labute approximate surface area is 180 Å². The zero-order chi connectivity index (χ0) is 21.9. The van der Waals surface area contributed by atoms with Gasteiger partial charge in [-0.05, 0) is 56.5 Å². The van der Waals surface area contributed by atoms with Gasteiger partial charge >= 0.3 is 0 Å². The fourth-order valence-electron chi connectivity index (χ4n) is 3.42. The standard InChI is InChI=1S/C25H35N3O2/c1-19(2)17-23(27-24(29)22-14-9-8-11-20(22)3)25(30)26-15-10-16-28(4)18-21-12-6-5-7-13-21/h5-9,11-14,19,23H,10,15-18H2,1-4H3,(H,26,30)(H,27,29). The summed E-state index contributed by atoms with van der Waals surface area (Å²) in [7, 11) is 2.08. The monoisotopic (exact) mass is 409 g/mol. The molecule has 0 aromatic heterocycles. The van der Waals surface area contributed by atoms with Crippen molar-refractivity contribution < 1.29 is 9.59 Å². The van der Waals surface area contributed by atoms with E-state index in [1.54, 1.807) is 6.07 Å². The number of nitrogens with one attached hydrogen (secondary N) is 2. The first-order valence-corrected chi connectivity index (χ1v) is 10.7. The molecule has 2 N–H and O–H groups in total. The zero-order valence-corrected chi connectivity index (χ0v) is 18.7. The van der Waals surface area contributed by atoms with E-state index in [1.807, 2.05) is 43.3 Å². The summed E-state index contributed by atoms with van der Waals surface area (Å²) >= 11 is 0. The summed E-state index contributed by atoms with van der Waals surface area (Å²) < 4.78 is 0. The molecule has 1 unspecified atom stereocenters. The molecule has 0 saturated heterocycles. The lowest BCUT2D eigenvalue weighted by atomic mass is 10.0. The number of aryl methyl sites for hydroxylation is 1. The molecule has 2 aromatic rings. The fourth-order valence-corrected chi connectivity index (χ4v) is 3.42. The first-order chi connectivity index (χ1) is 14.4. The van der Waals surface area contributed by atoms with Crippen LogP contribution in [0, 0.1) is 12.8 Å². The largest absolute Gasteiger partial charge is 0.354 e. The molecule has 2 aromatic carbocycles. The SMILES string of the molecule is Cc1ccccc1C(=O)NC(CC(C)C)C(=O)NCCCN(C)Cc1ccccc1. The Morgan fingerprint density at radius 2 is 1.67 bits per heavy atom. The molecule has 5 nitrogen and oxygen atoms in total. The fraction of sp³-hybridized carbons (Fsp3) is 0.440. The van der Waals surface area contributed by atoms with Crippen LogP contribution in [0.1, 0.15) is 48.2 Å². The van der Waals surface area contributed by atoms with E-state index in [1.165, 1.54) is 5.56 Å². The third-order valence-corrected chi connectivity index (χ3v) is 5.03. The molecule has 2 amide bonds. The highest BCUT2D eigenvalue weighted by molar-refractivity contribution is 5.98. The summed E-state index contributed by atoms with van der Waals surface area (Å²) in [6, 6.07) is 17.2. The highest BCUT2D eigenvalue weighted by Crippen LogP contribution is 2.10. The van der Waals surface area contributed by atoms with Gasteiger partial charge in [0, 0.05) is 18.7 Å². The first kappa shape index (κ1) is 23.6. The molecule has 0 aliphatic rings. The summed E-state index contributed by atoms with van der Waals surface area (Å²) in [6.07, 6.45) is 1.46. The Balaban J connectivity index is 1.81. The minimum absolute atomic E-state index is 0.114. The summed E-state index contributed by atoms with van der Waals surface area (Å²) in [5.41, 5.74) is 2.79. The van der Waals surface area contributed by atoms with Crippen molar-refractivity contribution in [1.29, 1.82) is 0 Å².